The first-order valence-corrected chi connectivity index (χ1v) is 8.40. The topological polar surface area (TPSA) is 70.1 Å². The van der Waals surface area contributed by atoms with E-state index < -0.39 is 5.97 Å². The van der Waals surface area contributed by atoms with Crippen molar-refractivity contribution in [2.45, 2.75) is 45.4 Å². The van der Waals surface area contributed by atoms with Gasteiger partial charge in [0.2, 0.25) is 0 Å². The quantitative estimate of drug-likeness (QED) is 0.866. The zero-order valence-electron chi connectivity index (χ0n) is 14.4. The van der Waals surface area contributed by atoms with Crippen molar-refractivity contribution in [3.05, 3.63) is 35.9 Å². The van der Waals surface area contributed by atoms with Gasteiger partial charge in [0.25, 0.3) is 0 Å². The lowest BCUT2D eigenvalue weighted by atomic mass is 10.0. The summed E-state index contributed by atoms with van der Waals surface area (Å²) in [7, 11) is 0. The van der Waals surface area contributed by atoms with Gasteiger partial charge in [-0.05, 0) is 32.3 Å². The Morgan fingerprint density at radius 1 is 1.33 bits per heavy atom. The molecule has 0 spiro atoms. The van der Waals surface area contributed by atoms with Crippen molar-refractivity contribution in [3.63, 3.8) is 0 Å². The number of nitrogens with zero attached hydrogens (tertiary/aromatic N) is 2. The number of amides is 1. The third-order valence-electron chi connectivity index (χ3n) is 4.31. The molecule has 1 aromatic carbocycles. The van der Waals surface area contributed by atoms with Crippen molar-refractivity contribution >= 4 is 12.1 Å². The molecule has 0 aromatic heterocycles. The van der Waals surface area contributed by atoms with E-state index in [2.05, 4.69) is 0 Å². The van der Waals surface area contributed by atoms with Crippen LogP contribution < -0.4 is 0 Å². The van der Waals surface area contributed by atoms with Gasteiger partial charge in [0, 0.05) is 25.2 Å². The Balaban J connectivity index is 1.91. The van der Waals surface area contributed by atoms with Gasteiger partial charge in [0.15, 0.2) is 0 Å². The van der Waals surface area contributed by atoms with Gasteiger partial charge in [-0.25, -0.2) is 4.79 Å². The van der Waals surface area contributed by atoms with E-state index in [4.69, 9.17) is 9.84 Å². The number of piperidine rings is 1. The standard InChI is InChI=1S/C18H26N2O4/c1-14(2)20(12-17(21)22)16-9-6-10-19(11-16)18(23)24-13-15-7-4-3-5-8-15/h3-5,7-8,14,16H,6,9-13H2,1-2H3,(H,21,22)/t16-/m0/s1. The minimum Gasteiger partial charge on any atom is -0.480 e. The molecule has 1 aliphatic rings. The molecule has 1 atom stereocenters. The normalized spacial score (nSPS) is 18.0. The number of carbonyl (C=O) groups excluding carboxylic acids is 1. The second-order valence-corrected chi connectivity index (χ2v) is 6.44. The molecule has 0 saturated carbocycles. The van der Waals surface area contributed by atoms with E-state index >= 15 is 0 Å². The number of ether oxygens (including phenoxy) is 1. The maximum Gasteiger partial charge on any atom is 0.410 e. The summed E-state index contributed by atoms with van der Waals surface area (Å²) in [6.07, 6.45) is 1.42. The monoisotopic (exact) mass is 334 g/mol. The first-order chi connectivity index (χ1) is 11.5. The van der Waals surface area contributed by atoms with Gasteiger partial charge < -0.3 is 14.7 Å². The Kier molecular flexibility index (Phi) is 6.61. The van der Waals surface area contributed by atoms with Crippen molar-refractivity contribution in [2.24, 2.45) is 0 Å². The zero-order valence-corrected chi connectivity index (χ0v) is 14.4. The van der Waals surface area contributed by atoms with Crippen molar-refractivity contribution in [1.82, 2.24) is 9.80 Å². The first-order valence-electron chi connectivity index (χ1n) is 8.40. The zero-order chi connectivity index (χ0) is 17.5. The molecule has 1 heterocycles. The third-order valence-corrected chi connectivity index (χ3v) is 4.31. The summed E-state index contributed by atoms with van der Waals surface area (Å²) in [5.41, 5.74) is 0.953. The number of hydrogen-bond donors (Lipinski definition) is 1. The fraction of sp³-hybridized carbons (Fsp3) is 0.556. The molecule has 0 bridgehead atoms. The van der Waals surface area contributed by atoms with Crippen LogP contribution in [0.5, 0.6) is 0 Å². The molecule has 1 saturated heterocycles. The predicted octanol–water partition coefficient (Wildman–Crippen LogP) is 2.58. The van der Waals surface area contributed by atoms with Gasteiger partial charge >= 0.3 is 12.1 Å². The largest absolute Gasteiger partial charge is 0.480 e. The molecule has 6 heteroatoms. The van der Waals surface area contributed by atoms with Crippen LogP contribution in [0.3, 0.4) is 0 Å². The Labute approximate surface area is 143 Å². The highest BCUT2D eigenvalue weighted by atomic mass is 16.6. The highest BCUT2D eigenvalue weighted by molar-refractivity contribution is 5.69. The van der Waals surface area contributed by atoms with Gasteiger partial charge in [-0.1, -0.05) is 30.3 Å². The molecule has 132 valence electrons. The number of carboxylic acid groups (broad SMARTS) is 1. The lowest BCUT2D eigenvalue weighted by Crippen LogP contribution is -2.53. The number of aliphatic carboxylic acids is 1. The van der Waals surface area contributed by atoms with E-state index in [1.54, 1.807) is 4.90 Å². The van der Waals surface area contributed by atoms with Gasteiger partial charge in [-0.3, -0.25) is 9.69 Å². The van der Waals surface area contributed by atoms with E-state index in [1.807, 2.05) is 49.1 Å². The molecular weight excluding hydrogens is 308 g/mol. The molecule has 1 fully saturated rings. The van der Waals surface area contributed by atoms with Crippen LogP contribution in [0.4, 0.5) is 4.79 Å². The summed E-state index contributed by atoms with van der Waals surface area (Å²) in [5, 5.41) is 9.10. The highest BCUT2D eigenvalue weighted by Gasteiger charge is 2.30. The molecule has 2 rings (SSSR count). The average Bonchev–Trinajstić information content (AvgIpc) is 2.58. The smallest absolute Gasteiger partial charge is 0.410 e. The Morgan fingerprint density at radius 3 is 2.67 bits per heavy atom. The number of likely N-dealkylation sites (tertiary alicyclic amines) is 1. The van der Waals surface area contributed by atoms with Gasteiger partial charge in [-0.15, -0.1) is 0 Å². The van der Waals surface area contributed by atoms with Crippen LogP contribution in [0.25, 0.3) is 0 Å². The Bertz CT molecular complexity index is 547. The number of benzene rings is 1. The predicted molar refractivity (Wildman–Crippen MR) is 90.7 cm³/mol. The second-order valence-electron chi connectivity index (χ2n) is 6.44. The summed E-state index contributed by atoms with van der Waals surface area (Å²) in [4.78, 5) is 27.0. The molecule has 1 aliphatic heterocycles. The van der Waals surface area contributed by atoms with E-state index in [-0.39, 0.29) is 31.3 Å². The maximum absolute atomic E-state index is 12.3. The van der Waals surface area contributed by atoms with Crippen LogP contribution in [0.2, 0.25) is 0 Å². The summed E-state index contributed by atoms with van der Waals surface area (Å²) >= 11 is 0. The van der Waals surface area contributed by atoms with Crippen LogP contribution in [-0.4, -0.2) is 58.7 Å². The molecule has 6 nitrogen and oxygen atoms in total. The SMILES string of the molecule is CC(C)N(CC(=O)O)[C@H]1CCCN(C(=O)OCc2ccccc2)C1. The fourth-order valence-corrected chi connectivity index (χ4v) is 3.09. The average molecular weight is 334 g/mol. The first kappa shape index (κ1) is 18.3. The van der Waals surface area contributed by atoms with Crippen molar-refractivity contribution < 1.29 is 19.4 Å². The summed E-state index contributed by atoms with van der Waals surface area (Å²) < 4.78 is 5.39. The molecule has 1 aromatic rings. The fourth-order valence-electron chi connectivity index (χ4n) is 3.09. The summed E-state index contributed by atoms with van der Waals surface area (Å²) in [5.74, 6) is -0.840. The minimum atomic E-state index is -0.840. The van der Waals surface area contributed by atoms with E-state index in [9.17, 15) is 9.59 Å². The van der Waals surface area contributed by atoms with Crippen molar-refractivity contribution in [1.29, 1.82) is 0 Å². The van der Waals surface area contributed by atoms with Crippen molar-refractivity contribution in [3.8, 4) is 0 Å². The van der Waals surface area contributed by atoms with E-state index in [0.29, 0.717) is 13.1 Å². The summed E-state index contributed by atoms with van der Waals surface area (Å²) in [6.45, 7) is 5.38. The molecule has 0 aliphatic carbocycles. The van der Waals surface area contributed by atoms with Crippen LogP contribution in [0.1, 0.15) is 32.3 Å². The number of hydrogen-bond acceptors (Lipinski definition) is 4. The number of rotatable bonds is 6. The van der Waals surface area contributed by atoms with Crippen molar-refractivity contribution in [2.75, 3.05) is 19.6 Å². The van der Waals surface area contributed by atoms with Gasteiger partial charge in [0.05, 0.1) is 6.54 Å². The Morgan fingerprint density at radius 2 is 2.04 bits per heavy atom. The lowest BCUT2D eigenvalue weighted by Gasteiger charge is -2.40. The maximum atomic E-state index is 12.3. The van der Waals surface area contributed by atoms with E-state index in [0.717, 1.165) is 18.4 Å². The Hall–Kier alpha value is -2.08. The molecule has 1 N–H and O–H groups in total. The molecule has 1 amide bonds. The number of carbonyl (C=O) groups is 2. The minimum absolute atomic E-state index is 0.00473. The molecular formula is C18H26N2O4. The summed E-state index contributed by atoms with van der Waals surface area (Å²) in [6, 6.07) is 9.74. The number of carboxylic acids is 1. The second kappa shape index (κ2) is 8.68. The van der Waals surface area contributed by atoms with Gasteiger partial charge in [0.1, 0.15) is 6.61 Å². The van der Waals surface area contributed by atoms with Crippen LogP contribution in [0.15, 0.2) is 30.3 Å². The molecule has 0 unspecified atom stereocenters. The third kappa shape index (κ3) is 5.23. The van der Waals surface area contributed by atoms with Gasteiger partial charge in [-0.2, -0.15) is 0 Å². The molecule has 0 radical (unpaired) electrons. The lowest BCUT2D eigenvalue weighted by molar-refractivity contribution is -0.139. The van der Waals surface area contributed by atoms with Crippen LogP contribution >= 0.6 is 0 Å². The van der Waals surface area contributed by atoms with Crippen LogP contribution in [-0.2, 0) is 16.1 Å². The molecule has 24 heavy (non-hydrogen) atoms. The van der Waals surface area contributed by atoms with Crippen LogP contribution in [0, 0.1) is 0 Å². The van der Waals surface area contributed by atoms with E-state index in [1.165, 1.54) is 0 Å². The highest BCUT2D eigenvalue weighted by Crippen LogP contribution is 2.19.